The lowest BCUT2D eigenvalue weighted by Gasteiger charge is -2.12. The molecule has 0 bridgehead atoms. The van der Waals surface area contributed by atoms with Gasteiger partial charge in [0.1, 0.15) is 5.52 Å². The molecule has 0 fully saturated rings. The zero-order chi connectivity index (χ0) is 36.3. The molecule has 0 spiro atoms. The second-order valence-corrected chi connectivity index (χ2v) is 13.9. The highest BCUT2D eigenvalue weighted by Crippen LogP contribution is 2.39. The van der Waals surface area contributed by atoms with Crippen LogP contribution < -0.4 is 0 Å². The minimum absolute atomic E-state index is 0.609. The summed E-state index contributed by atoms with van der Waals surface area (Å²) in [5.41, 5.74) is 7.61. The van der Waals surface area contributed by atoms with E-state index in [1.54, 1.807) is 0 Å². The van der Waals surface area contributed by atoms with Crippen molar-refractivity contribution in [3.63, 3.8) is 0 Å². The minimum atomic E-state index is 0.609. The summed E-state index contributed by atoms with van der Waals surface area (Å²) >= 11 is 0. The molecule has 9 aromatic carbocycles. The summed E-state index contributed by atoms with van der Waals surface area (Å²) in [6.07, 6.45) is 0. The van der Waals surface area contributed by atoms with Crippen molar-refractivity contribution in [3.05, 3.63) is 182 Å². The predicted octanol–water partition coefficient (Wildman–Crippen LogP) is 13.0. The molecule has 0 unspecified atom stereocenters. The van der Waals surface area contributed by atoms with E-state index in [1.165, 1.54) is 16.3 Å². The first-order valence-electron chi connectivity index (χ1n) is 18.4. The number of rotatable bonds is 5. The summed E-state index contributed by atoms with van der Waals surface area (Å²) in [7, 11) is 0. The number of oxazole rings is 1. The van der Waals surface area contributed by atoms with Crippen LogP contribution >= 0.6 is 0 Å². The molecule has 256 valence electrons. The Morgan fingerprint density at radius 1 is 0.309 bits per heavy atom. The molecule has 0 atom stereocenters. The molecule has 0 aliphatic carbocycles. The predicted molar refractivity (Wildman–Crippen MR) is 225 cm³/mol. The van der Waals surface area contributed by atoms with Crippen LogP contribution in [0.25, 0.3) is 111 Å². The second-order valence-electron chi connectivity index (χ2n) is 13.9. The number of hydrogen-bond acceptors (Lipinski definition) is 5. The summed E-state index contributed by atoms with van der Waals surface area (Å²) < 4.78 is 6.58. The van der Waals surface area contributed by atoms with E-state index < -0.39 is 0 Å². The van der Waals surface area contributed by atoms with Crippen molar-refractivity contribution in [2.24, 2.45) is 0 Å². The Morgan fingerprint density at radius 3 is 1.56 bits per heavy atom. The molecule has 11 rings (SSSR count). The van der Waals surface area contributed by atoms with Gasteiger partial charge in [-0.15, -0.1) is 0 Å². The van der Waals surface area contributed by atoms with Crippen LogP contribution in [-0.2, 0) is 0 Å². The lowest BCUT2D eigenvalue weighted by Crippen LogP contribution is -2.00. The molecule has 5 heteroatoms. The zero-order valence-electron chi connectivity index (χ0n) is 29.5. The molecule has 55 heavy (non-hydrogen) atoms. The average molecular weight is 703 g/mol. The van der Waals surface area contributed by atoms with Gasteiger partial charge in [-0.2, -0.15) is 0 Å². The molecule has 11 aromatic rings. The maximum atomic E-state index is 6.58. The van der Waals surface area contributed by atoms with Gasteiger partial charge in [0.05, 0.1) is 0 Å². The Hall–Kier alpha value is -7.50. The van der Waals surface area contributed by atoms with Crippen LogP contribution in [0.4, 0.5) is 0 Å². The summed E-state index contributed by atoms with van der Waals surface area (Å²) in [4.78, 5) is 20.1. The third-order valence-electron chi connectivity index (χ3n) is 10.5. The van der Waals surface area contributed by atoms with Gasteiger partial charge < -0.3 is 4.42 Å². The number of aromatic nitrogens is 4. The van der Waals surface area contributed by atoms with Gasteiger partial charge in [0, 0.05) is 33.0 Å². The SMILES string of the molecule is c1ccc(-c2nc(-c3ccc(-c4ccc5ccccc5c4)cc3)nc(-c3ccc4ccc5ccc6ccc7nc(-c8ccccc8)oc7c6c5c4c3)n2)cc1. The van der Waals surface area contributed by atoms with Crippen molar-refractivity contribution in [1.82, 2.24) is 19.9 Å². The fourth-order valence-electron chi connectivity index (χ4n) is 7.71. The highest BCUT2D eigenvalue weighted by molar-refractivity contribution is 6.26. The Kier molecular flexibility index (Phi) is 7.10. The average Bonchev–Trinajstić information content (AvgIpc) is 3.71. The van der Waals surface area contributed by atoms with E-state index in [2.05, 4.69) is 115 Å². The van der Waals surface area contributed by atoms with E-state index >= 15 is 0 Å². The minimum Gasteiger partial charge on any atom is -0.435 e. The topological polar surface area (TPSA) is 64.7 Å². The van der Waals surface area contributed by atoms with Crippen molar-refractivity contribution in [2.75, 3.05) is 0 Å². The normalized spacial score (nSPS) is 11.6. The molecule has 0 aliphatic rings. The van der Waals surface area contributed by atoms with Gasteiger partial charge in [-0.05, 0) is 73.8 Å². The van der Waals surface area contributed by atoms with Gasteiger partial charge in [-0.1, -0.05) is 152 Å². The molecule has 0 N–H and O–H groups in total. The Morgan fingerprint density at radius 2 is 0.818 bits per heavy atom. The van der Waals surface area contributed by atoms with Crippen molar-refractivity contribution in [2.45, 2.75) is 0 Å². The smallest absolute Gasteiger partial charge is 0.227 e. The molecular formula is C50H30N4O. The third-order valence-corrected chi connectivity index (χ3v) is 10.5. The summed E-state index contributed by atoms with van der Waals surface area (Å²) in [6, 6.07) is 63.0. The number of hydrogen-bond donors (Lipinski definition) is 0. The summed E-state index contributed by atoms with van der Waals surface area (Å²) in [6.45, 7) is 0. The van der Waals surface area contributed by atoms with Gasteiger partial charge >= 0.3 is 0 Å². The fraction of sp³-hybridized carbons (Fsp3) is 0. The van der Waals surface area contributed by atoms with E-state index in [4.69, 9.17) is 24.4 Å². The largest absolute Gasteiger partial charge is 0.435 e. The first kappa shape index (κ1) is 31.1. The van der Waals surface area contributed by atoms with E-state index in [1.807, 2.05) is 66.7 Å². The maximum Gasteiger partial charge on any atom is 0.227 e. The van der Waals surface area contributed by atoms with Crippen LogP contribution in [0, 0.1) is 0 Å². The van der Waals surface area contributed by atoms with Gasteiger partial charge in [-0.3, -0.25) is 0 Å². The maximum absolute atomic E-state index is 6.58. The lowest BCUT2D eigenvalue weighted by atomic mass is 9.94. The van der Waals surface area contributed by atoms with Crippen molar-refractivity contribution >= 4 is 54.2 Å². The Labute approximate surface area is 316 Å². The van der Waals surface area contributed by atoms with Crippen LogP contribution in [0.1, 0.15) is 0 Å². The van der Waals surface area contributed by atoms with Crippen molar-refractivity contribution in [3.8, 4) is 56.7 Å². The number of fused-ring (bicyclic) bond motifs is 8. The lowest BCUT2D eigenvalue weighted by molar-refractivity contribution is 0.623. The Balaban J connectivity index is 1.08. The van der Waals surface area contributed by atoms with Crippen LogP contribution in [0.2, 0.25) is 0 Å². The van der Waals surface area contributed by atoms with E-state index in [-0.39, 0.29) is 0 Å². The highest BCUT2D eigenvalue weighted by Gasteiger charge is 2.17. The van der Waals surface area contributed by atoms with Crippen molar-refractivity contribution in [1.29, 1.82) is 0 Å². The quantitative estimate of drug-likeness (QED) is 0.167. The Bertz CT molecular complexity index is 3240. The molecule has 0 saturated heterocycles. The molecule has 0 amide bonds. The fourth-order valence-corrected chi connectivity index (χ4v) is 7.71. The molecule has 2 aromatic heterocycles. The molecule has 2 heterocycles. The van der Waals surface area contributed by atoms with Gasteiger partial charge in [-0.25, -0.2) is 19.9 Å². The molecule has 5 nitrogen and oxygen atoms in total. The van der Waals surface area contributed by atoms with Crippen molar-refractivity contribution < 1.29 is 4.42 Å². The first-order valence-corrected chi connectivity index (χ1v) is 18.4. The highest BCUT2D eigenvalue weighted by atomic mass is 16.3. The second kappa shape index (κ2) is 12.6. The first-order chi connectivity index (χ1) is 27.2. The van der Waals surface area contributed by atoms with Crippen LogP contribution in [0.15, 0.2) is 186 Å². The summed E-state index contributed by atoms with van der Waals surface area (Å²) in [5.74, 6) is 2.46. The van der Waals surface area contributed by atoms with Crippen LogP contribution in [0.5, 0.6) is 0 Å². The van der Waals surface area contributed by atoms with Crippen LogP contribution in [0.3, 0.4) is 0 Å². The van der Waals surface area contributed by atoms with Gasteiger partial charge in [0.2, 0.25) is 5.89 Å². The van der Waals surface area contributed by atoms with E-state index in [9.17, 15) is 0 Å². The molecule has 0 aliphatic heterocycles. The van der Waals surface area contributed by atoms with E-state index in [0.29, 0.717) is 23.4 Å². The molecule has 0 saturated carbocycles. The zero-order valence-corrected chi connectivity index (χ0v) is 29.5. The molecule has 0 radical (unpaired) electrons. The third kappa shape index (κ3) is 5.41. The van der Waals surface area contributed by atoms with Gasteiger partial charge in [0.25, 0.3) is 0 Å². The van der Waals surface area contributed by atoms with Gasteiger partial charge in [0.15, 0.2) is 23.1 Å². The standard InChI is InChI=1S/C50H30N4O/c1-3-10-36(11-4-1)47-52-48(37-23-15-32(16-24-37)40-25-17-31-9-7-8-14-39(31)29-40)54-49(53-47)41-26-19-33-18-20-34-21-22-35-27-28-43-46(45(35)44(34)42(33)30-41)55-50(51-43)38-12-5-2-6-13-38/h1-30H. The van der Waals surface area contributed by atoms with Crippen LogP contribution in [-0.4, -0.2) is 19.9 Å². The summed E-state index contributed by atoms with van der Waals surface area (Å²) in [5, 5.41) is 9.02. The number of benzene rings is 9. The monoisotopic (exact) mass is 702 g/mol. The molecular weight excluding hydrogens is 673 g/mol. The van der Waals surface area contributed by atoms with E-state index in [0.717, 1.165) is 71.2 Å². The number of nitrogens with zero attached hydrogens (tertiary/aromatic N) is 4.